The fourth-order valence-electron chi connectivity index (χ4n) is 3.22. The molecule has 0 saturated carbocycles. The topological polar surface area (TPSA) is 152 Å². The Kier molecular flexibility index (Phi) is 9.36. The molecule has 1 atom stereocenters. The molecule has 0 spiro atoms. The molecule has 11 heteroatoms. The van der Waals surface area contributed by atoms with Crippen LogP contribution in [0.25, 0.3) is 0 Å². The highest BCUT2D eigenvalue weighted by Crippen LogP contribution is 2.16. The van der Waals surface area contributed by atoms with Gasteiger partial charge in [-0.2, -0.15) is 0 Å². The molecule has 0 bridgehead atoms. The monoisotopic (exact) mass is 507 g/mol. The highest BCUT2D eigenvalue weighted by Gasteiger charge is 2.17. The highest BCUT2D eigenvalue weighted by atomic mass is 16.5. The van der Waals surface area contributed by atoms with E-state index in [4.69, 9.17) is 14.6 Å². The second kappa shape index (κ2) is 12.9. The van der Waals surface area contributed by atoms with Gasteiger partial charge in [0.25, 0.3) is 11.8 Å². The zero-order chi connectivity index (χ0) is 26.8. The van der Waals surface area contributed by atoms with Gasteiger partial charge in [0.05, 0.1) is 7.11 Å². The predicted octanol–water partition coefficient (Wildman–Crippen LogP) is 2.97. The van der Waals surface area contributed by atoms with Gasteiger partial charge in [0.1, 0.15) is 29.2 Å². The summed E-state index contributed by atoms with van der Waals surface area (Å²) in [6.45, 7) is 4.16. The number of aromatic nitrogens is 2. The van der Waals surface area contributed by atoms with E-state index in [0.29, 0.717) is 11.5 Å². The Morgan fingerprint density at radius 2 is 1.49 bits per heavy atom. The van der Waals surface area contributed by atoms with Crippen molar-refractivity contribution >= 4 is 17.9 Å². The van der Waals surface area contributed by atoms with Gasteiger partial charge >= 0.3 is 6.09 Å². The summed E-state index contributed by atoms with van der Waals surface area (Å²) in [5, 5.41) is 16.8. The second-order valence-electron chi connectivity index (χ2n) is 8.38. The van der Waals surface area contributed by atoms with Gasteiger partial charge in [0.2, 0.25) is 0 Å². The molecule has 11 nitrogen and oxygen atoms in total. The summed E-state index contributed by atoms with van der Waals surface area (Å²) in [5.74, 6) is 0.201. The molecule has 0 aliphatic rings. The van der Waals surface area contributed by atoms with Crippen molar-refractivity contribution < 1.29 is 29.0 Å². The van der Waals surface area contributed by atoms with Crippen LogP contribution in [0, 0.1) is 5.92 Å². The van der Waals surface area contributed by atoms with Gasteiger partial charge in [-0.05, 0) is 35.4 Å². The lowest BCUT2D eigenvalue weighted by Gasteiger charge is -2.22. The molecule has 0 aliphatic carbocycles. The van der Waals surface area contributed by atoms with Gasteiger partial charge in [0.15, 0.2) is 6.23 Å². The van der Waals surface area contributed by atoms with Crippen LogP contribution in [0.15, 0.2) is 60.9 Å². The summed E-state index contributed by atoms with van der Waals surface area (Å²) >= 11 is 0. The van der Waals surface area contributed by atoms with Crippen LogP contribution in [0.2, 0.25) is 0 Å². The summed E-state index contributed by atoms with van der Waals surface area (Å²) in [6, 6.07) is 15.5. The molecule has 37 heavy (non-hydrogen) atoms. The molecule has 2 aromatic carbocycles. The molecule has 0 radical (unpaired) electrons. The summed E-state index contributed by atoms with van der Waals surface area (Å²) in [5.41, 5.74) is 1.77. The highest BCUT2D eigenvalue weighted by molar-refractivity contribution is 5.97. The van der Waals surface area contributed by atoms with Crippen molar-refractivity contribution in [1.82, 2.24) is 25.9 Å². The minimum absolute atomic E-state index is 0.0565. The summed E-state index contributed by atoms with van der Waals surface area (Å²) < 4.78 is 10.9. The first-order valence-electron chi connectivity index (χ1n) is 11.5. The Hall–Kier alpha value is -4.67. The molecule has 1 aromatic heterocycles. The number of nitrogens with one attached hydrogen (secondary N) is 3. The Morgan fingerprint density at radius 3 is 2.05 bits per heavy atom. The van der Waals surface area contributed by atoms with Crippen molar-refractivity contribution in [3.05, 3.63) is 83.4 Å². The van der Waals surface area contributed by atoms with Crippen molar-refractivity contribution in [1.29, 1.82) is 0 Å². The van der Waals surface area contributed by atoms with Crippen molar-refractivity contribution in [3.8, 4) is 11.5 Å². The third kappa shape index (κ3) is 8.20. The molecule has 194 valence electrons. The second-order valence-corrected chi connectivity index (χ2v) is 8.38. The van der Waals surface area contributed by atoms with Crippen LogP contribution < -0.4 is 25.4 Å². The van der Waals surface area contributed by atoms with Gasteiger partial charge in [-0.3, -0.25) is 14.9 Å². The molecule has 0 aliphatic heterocycles. The van der Waals surface area contributed by atoms with E-state index in [9.17, 15) is 14.4 Å². The lowest BCUT2D eigenvalue weighted by Crippen LogP contribution is -2.42. The summed E-state index contributed by atoms with van der Waals surface area (Å²) in [4.78, 5) is 44.0. The standard InChI is InChI=1S/C26H29N5O6/c1-16(2)25(31-26(34)35)37-19-9-7-17(8-10-19)13-27-23(32)21-12-22(30-15-29-21)24(33)28-14-18-5-4-6-20(11-18)36-3/h4-12,15-16,25,31H,13-14H2,1-3H3,(H,27,32)(H,28,33)(H,34,35). The van der Waals surface area contributed by atoms with Crippen molar-refractivity contribution in [2.45, 2.75) is 33.2 Å². The van der Waals surface area contributed by atoms with E-state index in [0.717, 1.165) is 17.5 Å². The fourth-order valence-corrected chi connectivity index (χ4v) is 3.22. The van der Waals surface area contributed by atoms with Gasteiger partial charge in [0, 0.05) is 25.1 Å². The minimum atomic E-state index is -1.17. The van der Waals surface area contributed by atoms with Gasteiger partial charge < -0.3 is 25.2 Å². The molecule has 3 amide bonds. The van der Waals surface area contributed by atoms with Crippen LogP contribution in [0.1, 0.15) is 46.0 Å². The van der Waals surface area contributed by atoms with Crippen LogP contribution >= 0.6 is 0 Å². The molecule has 4 N–H and O–H groups in total. The molecule has 0 saturated heterocycles. The van der Waals surface area contributed by atoms with E-state index < -0.39 is 24.1 Å². The number of carbonyl (C=O) groups is 3. The SMILES string of the molecule is COc1cccc(CNC(=O)c2cc(C(=O)NCc3ccc(OC(NC(=O)O)C(C)C)cc3)ncn2)c1. The number of hydrogen-bond donors (Lipinski definition) is 4. The number of nitrogens with zero attached hydrogens (tertiary/aromatic N) is 2. The first-order valence-corrected chi connectivity index (χ1v) is 11.5. The zero-order valence-corrected chi connectivity index (χ0v) is 20.7. The van der Waals surface area contributed by atoms with E-state index in [1.807, 2.05) is 38.1 Å². The lowest BCUT2D eigenvalue weighted by molar-refractivity contribution is 0.0943. The van der Waals surface area contributed by atoms with Gasteiger partial charge in [-0.25, -0.2) is 14.8 Å². The first-order chi connectivity index (χ1) is 17.7. The number of carbonyl (C=O) groups excluding carboxylic acids is 2. The van der Waals surface area contributed by atoms with E-state index in [1.54, 1.807) is 31.4 Å². The van der Waals surface area contributed by atoms with Crippen molar-refractivity contribution in [2.75, 3.05) is 7.11 Å². The third-order valence-corrected chi connectivity index (χ3v) is 5.23. The maximum atomic E-state index is 12.6. The normalized spacial score (nSPS) is 11.4. The molecule has 3 aromatic rings. The molecular weight excluding hydrogens is 478 g/mol. The molecule has 1 unspecified atom stereocenters. The zero-order valence-electron chi connectivity index (χ0n) is 20.7. The number of amides is 3. The largest absolute Gasteiger partial charge is 0.497 e. The van der Waals surface area contributed by atoms with Crippen molar-refractivity contribution in [3.63, 3.8) is 0 Å². The predicted molar refractivity (Wildman–Crippen MR) is 134 cm³/mol. The molecule has 3 rings (SSSR count). The summed E-state index contributed by atoms with van der Waals surface area (Å²) in [7, 11) is 1.57. The number of methoxy groups -OCH3 is 1. The maximum absolute atomic E-state index is 12.6. The van der Waals surface area contributed by atoms with E-state index in [1.165, 1.54) is 6.07 Å². The van der Waals surface area contributed by atoms with Gasteiger partial charge in [-0.15, -0.1) is 0 Å². The number of rotatable bonds is 11. The minimum Gasteiger partial charge on any atom is -0.497 e. The Morgan fingerprint density at radius 1 is 0.865 bits per heavy atom. The van der Waals surface area contributed by atoms with Crippen LogP contribution in [0.3, 0.4) is 0 Å². The lowest BCUT2D eigenvalue weighted by atomic mass is 10.2. The Bertz CT molecular complexity index is 1230. The van der Waals surface area contributed by atoms with Crippen LogP contribution in [0.4, 0.5) is 4.79 Å². The first kappa shape index (κ1) is 26.9. The smallest absolute Gasteiger partial charge is 0.407 e. The van der Waals surface area contributed by atoms with E-state index in [2.05, 4.69) is 25.9 Å². The third-order valence-electron chi connectivity index (χ3n) is 5.23. The van der Waals surface area contributed by atoms with E-state index >= 15 is 0 Å². The molecular formula is C26H29N5O6. The molecule has 0 fully saturated rings. The van der Waals surface area contributed by atoms with Gasteiger partial charge in [-0.1, -0.05) is 38.1 Å². The molecule has 1 heterocycles. The van der Waals surface area contributed by atoms with Crippen LogP contribution in [-0.4, -0.2) is 46.3 Å². The Balaban J connectivity index is 1.54. The van der Waals surface area contributed by atoms with Crippen molar-refractivity contribution in [2.24, 2.45) is 5.92 Å². The van der Waals surface area contributed by atoms with Crippen LogP contribution in [0.5, 0.6) is 11.5 Å². The average molecular weight is 508 g/mol. The number of ether oxygens (including phenoxy) is 2. The Labute approximate surface area is 214 Å². The number of benzene rings is 2. The number of hydrogen-bond acceptors (Lipinski definition) is 7. The quantitative estimate of drug-likeness (QED) is 0.289. The number of carboxylic acid groups (broad SMARTS) is 1. The van der Waals surface area contributed by atoms with Crippen LogP contribution in [-0.2, 0) is 13.1 Å². The van der Waals surface area contributed by atoms with E-state index in [-0.39, 0.29) is 30.4 Å². The average Bonchev–Trinajstić information content (AvgIpc) is 2.90. The fraction of sp³-hybridized carbons (Fsp3) is 0.269. The summed E-state index contributed by atoms with van der Waals surface area (Å²) in [6.07, 6.45) is -0.694. The maximum Gasteiger partial charge on any atom is 0.407 e.